The van der Waals surface area contributed by atoms with Gasteiger partial charge < -0.3 is 14.8 Å². The van der Waals surface area contributed by atoms with Crippen molar-refractivity contribution in [1.29, 1.82) is 0 Å². The van der Waals surface area contributed by atoms with Crippen molar-refractivity contribution >= 4 is 21.6 Å². The van der Waals surface area contributed by atoms with Crippen molar-refractivity contribution in [3.63, 3.8) is 0 Å². The van der Waals surface area contributed by atoms with E-state index in [0.29, 0.717) is 18.0 Å². The number of carbonyl (C=O) groups is 1. The second-order valence-corrected chi connectivity index (χ2v) is 10.0. The molecule has 3 aromatic rings. The molecule has 0 aromatic heterocycles. The average molecular weight is 481 g/mol. The molecule has 0 unspecified atom stereocenters. The van der Waals surface area contributed by atoms with Gasteiger partial charge >= 0.3 is 0 Å². The number of para-hydroxylation sites is 2. The molecule has 0 aliphatic carbocycles. The van der Waals surface area contributed by atoms with Gasteiger partial charge in [-0.25, -0.2) is 8.42 Å². The number of amides is 1. The van der Waals surface area contributed by atoms with Crippen LogP contribution in [0.4, 0.5) is 5.69 Å². The zero-order chi connectivity index (χ0) is 24.3. The second kappa shape index (κ2) is 9.77. The van der Waals surface area contributed by atoms with Crippen LogP contribution in [-0.4, -0.2) is 33.6 Å². The van der Waals surface area contributed by atoms with E-state index in [1.54, 1.807) is 48.5 Å². The number of nitrogens with zero attached hydrogens (tertiary/aromatic N) is 1. The predicted molar refractivity (Wildman–Crippen MR) is 131 cm³/mol. The van der Waals surface area contributed by atoms with E-state index in [1.165, 1.54) is 4.31 Å². The Kier molecular flexibility index (Phi) is 6.79. The summed E-state index contributed by atoms with van der Waals surface area (Å²) in [6, 6.07) is 20.7. The summed E-state index contributed by atoms with van der Waals surface area (Å²) in [7, 11) is -3.89. The highest BCUT2D eigenvalue weighted by atomic mass is 32.2. The molecule has 178 valence electrons. The molecule has 8 heteroatoms. The van der Waals surface area contributed by atoms with Crippen LogP contribution in [0.3, 0.4) is 0 Å². The molecular formula is C26H28N2O5S. The van der Waals surface area contributed by atoms with Gasteiger partial charge in [-0.3, -0.25) is 9.10 Å². The molecule has 1 aliphatic heterocycles. The van der Waals surface area contributed by atoms with Crippen LogP contribution in [0.2, 0.25) is 0 Å². The molecule has 0 saturated heterocycles. The molecule has 0 bridgehead atoms. The molecule has 0 saturated carbocycles. The van der Waals surface area contributed by atoms with Crippen molar-refractivity contribution in [2.45, 2.75) is 37.8 Å². The molecule has 1 N–H and O–H groups in total. The van der Waals surface area contributed by atoms with E-state index in [0.717, 1.165) is 16.9 Å². The number of fused-ring (bicyclic) bond motifs is 1. The van der Waals surface area contributed by atoms with E-state index in [9.17, 15) is 13.2 Å². The zero-order valence-electron chi connectivity index (χ0n) is 19.4. The average Bonchev–Trinajstić information content (AvgIpc) is 2.84. The Labute approximate surface area is 200 Å². The first-order valence-corrected chi connectivity index (χ1v) is 12.6. The zero-order valence-corrected chi connectivity index (χ0v) is 20.2. The van der Waals surface area contributed by atoms with Gasteiger partial charge in [-0.2, -0.15) is 0 Å². The standard InChI is InChI=1S/C26H28N2O5S/c1-4-32-21-13-11-20(12-14-21)19(3)27-26(29)25-17-28(23-7-5-6-8-24(23)33-25)34(30,31)22-15-9-18(2)10-16-22/h5-16,19,25H,4,17H2,1-3H3,(H,27,29)/t19-,25+/m0/s1. The number of benzene rings is 3. The van der Waals surface area contributed by atoms with Gasteiger partial charge in [0.15, 0.2) is 6.10 Å². The van der Waals surface area contributed by atoms with E-state index >= 15 is 0 Å². The summed E-state index contributed by atoms with van der Waals surface area (Å²) < 4.78 is 39.6. The summed E-state index contributed by atoms with van der Waals surface area (Å²) >= 11 is 0. The predicted octanol–water partition coefficient (Wildman–Crippen LogP) is 4.23. The maximum absolute atomic E-state index is 13.5. The molecule has 1 amide bonds. The molecule has 7 nitrogen and oxygen atoms in total. The monoisotopic (exact) mass is 480 g/mol. The Morgan fingerprint density at radius 1 is 1.09 bits per heavy atom. The van der Waals surface area contributed by atoms with E-state index in [-0.39, 0.29) is 23.4 Å². The smallest absolute Gasteiger partial charge is 0.264 e. The van der Waals surface area contributed by atoms with Crippen molar-refractivity contribution in [2.75, 3.05) is 17.5 Å². The lowest BCUT2D eigenvalue weighted by molar-refractivity contribution is -0.128. The molecule has 0 radical (unpaired) electrons. The molecular weight excluding hydrogens is 452 g/mol. The molecule has 0 spiro atoms. The van der Waals surface area contributed by atoms with Crippen LogP contribution >= 0.6 is 0 Å². The molecule has 0 fully saturated rings. The SMILES string of the molecule is CCOc1ccc([C@H](C)NC(=O)[C@H]2CN(S(=O)(=O)c3ccc(C)cc3)c3ccccc3O2)cc1. The number of hydrogen-bond donors (Lipinski definition) is 1. The highest BCUT2D eigenvalue weighted by Crippen LogP contribution is 2.37. The van der Waals surface area contributed by atoms with Crippen LogP contribution in [-0.2, 0) is 14.8 Å². The highest BCUT2D eigenvalue weighted by molar-refractivity contribution is 7.92. The molecule has 2 atom stereocenters. The summed E-state index contributed by atoms with van der Waals surface area (Å²) in [5.41, 5.74) is 2.27. The van der Waals surface area contributed by atoms with Crippen molar-refractivity contribution in [2.24, 2.45) is 0 Å². The van der Waals surface area contributed by atoms with Gasteiger partial charge in [0.2, 0.25) is 0 Å². The van der Waals surface area contributed by atoms with Crippen LogP contribution in [0, 0.1) is 6.92 Å². The van der Waals surface area contributed by atoms with E-state index in [1.807, 2.05) is 45.0 Å². The summed E-state index contributed by atoms with van der Waals surface area (Å²) in [4.78, 5) is 13.3. The fraction of sp³-hybridized carbons (Fsp3) is 0.269. The third-order valence-corrected chi connectivity index (χ3v) is 7.48. The lowest BCUT2D eigenvalue weighted by atomic mass is 10.1. The molecule has 34 heavy (non-hydrogen) atoms. The largest absolute Gasteiger partial charge is 0.494 e. The Morgan fingerprint density at radius 2 is 1.76 bits per heavy atom. The fourth-order valence-electron chi connectivity index (χ4n) is 3.81. The first-order valence-electron chi connectivity index (χ1n) is 11.2. The van der Waals surface area contributed by atoms with Crippen molar-refractivity contribution < 1.29 is 22.7 Å². The summed E-state index contributed by atoms with van der Waals surface area (Å²) in [6.07, 6.45) is -1.000. The minimum absolute atomic E-state index is 0.130. The van der Waals surface area contributed by atoms with Gasteiger partial charge in [-0.1, -0.05) is 42.0 Å². The first-order chi connectivity index (χ1) is 16.3. The second-order valence-electron chi connectivity index (χ2n) is 8.16. The fourth-order valence-corrected chi connectivity index (χ4v) is 5.29. The number of aryl methyl sites for hydroxylation is 1. The van der Waals surface area contributed by atoms with Crippen molar-refractivity contribution in [1.82, 2.24) is 5.32 Å². The normalized spacial score (nSPS) is 16.2. The molecule has 3 aromatic carbocycles. The minimum Gasteiger partial charge on any atom is -0.494 e. The first kappa shape index (κ1) is 23.6. The number of nitrogens with one attached hydrogen (secondary N) is 1. The number of carbonyl (C=O) groups excluding carboxylic acids is 1. The Balaban J connectivity index is 1.56. The number of ether oxygens (including phenoxy) is 2. The van der Waals surface area contributed by atoms with Gasteiger partial charge in [0, 0.05) is 0 Å². The summed E-state index contributed by atoms with van der Waals surface area (Å²) in [6.45, 7) is 6.13. The Morgan fingerprint density at radius 3 is 2.44 bits per heavy atom. The van der Waals surface area contributed by atoms with Crippen LogP contribution in [0.25, 0.3) is 0 Å². The van der Waals surface area contributed by atoms with Gasteiger partial charge in [0.1, 0.15) is 11.5 Å². The van der Waals surface area contributed by atoms with Gasteiger partial charge in [-0.05, 0) is 62.7 Å². The van der Waals surface area contributed by atoms with Crippen LogP contribution in [0.15, 0.2) is 77.7 Å². The van der Waals surface area contributed by atoms with E-state index in [2.05, 4.69) is 5.32 Å². The maximum atomic E-state index is 13.5. The van der Waals surface area contributed by atoms with Crippen LogP contribution < -0.4 is 19.1 Å². The Hall–Kier alpha value is -3.52. The van der Waals surface area contributed by atoms with Crippen LogP contribution in [0.1, 0.15) is 31.0 Å². The van der Waals surface area contributed by atoms with E-state index < -0.39 is 16.1 Å². The molecule has 1 aliphatic rings. The minimum atomic E-state index is -3.89. The third kappa shape index (κ3) is 4.87. The number of sulfonamides is 1. The summed E-state index contributed by atoms with van der Waals surface area (Å²) in [5, 5.41) is 2.94. The lowest BCUT2D eigenvalue weighted by Gasteiger charge is -2.35. The van der Waals surface area contributed by atoms with E-state index in [4.69, 9.17) is 9.47 Å². The van der Waals surface area contributed by atoms with Crippen molar-refractivity contribution in [3.8, 4) is 11.5 Å². The Bertz CT molecular complexity index is 1260. The van der Waals surface area contributed by atoms with Gasteiger partial charge in [0.05, 0.1) is 29.8 Å². The molecule has 1 heterocycles. The number of anilines is 1. The van der Waals surface area contributed by atoms with Crippen molar-refractivity contribution in [3.05, 3.63) is 83.9 Å². The quantitative estimate of drug-likeness (QED) is 0.547. The highest BCUT2D eigenvalue weighted by Gasteiger charge is 2.37. The number of hydrogen-bond acceptors (Lipinski definition) is 5. The van der Waals surface area contributed by atoms with Gasteiger partial charge in [0.25, 0.3) is 15.9 Å². The number of rotatable bonds is 7. The maximum Gasteiger partial charge on any atom is 0.264 e. The van der Waals surface area contributed by atoms with Crippen LogP contribution in [0.5, 0.6) is 11.5 Å². The topological polar surface area (TPSA) is 84.9 Å². The lowest BCUT2D eigenvalue weighted by Crippen LogP contribution is -2.51. The van der Waals surface area contributed by atoms with Gasteiger partial charge in [-0.15, -0.1) is 0 Å². The molecule has 4 rings (SSSR count). The summed E-state index contributed by atoms with van der Waals surface area (Å²) in [5.74, 6) is 0.715. The third-order valence-electron chi connectivity index (χ3n) is 5.69.